The van der Waals surface area contributed by atoms with Crippen LogP contribution in [0.15, 0.2) is 12.1 Å². The van der Waals surface area contributed by atoms with Crippen LogP contribution in [-0.4, -0.2) is 27.3 Å². The zero-order chi connectivity index (χ0) is 12.1. The minimum Gasteiger partial charge on any atom is -0.496 e. The smallest absolute Gasteiger partial charge is 0.310 e. The standard InChI is InChI=1S/C12H16O4/c1-8-10(14-2)6-5-9(12(8)16-4)7-11(13)15-3/h5-6H,7H2,1-4H3. The summed E-state index contributed by atoms with van der Waals surface area (Å²) in [6, 6.07) is 3.62. The van der Waals surface area contributed by atoms with Gasteiger partial charge in [-0.1, -0.05) is 6.07 Å². The lowest BCUT2D eigenvalue weighted by Crippen LogP contribution is -2.07. The van der Waals surface area contributed by atoms with E-state index in [4.69, 9.17) is 9.47 Å². The van der Waals surface area contributed by atoms with E-state index in [0.717, 1.165) is 16.9 Å². The topological polar surface area (TPSA) is 44.8 Å². The Morgan fingerprint density at radius 1 is 1.19 bits per heavy atom. The number of rotatable bonds is 4. The summed E-state index contributed by atoms with van der Waals surface area (Å²) < 4.78 is 15.1. The van der Waals surface area contributed by atoms with Crippen LogP contribution in [0.3, 0.4) is 0 Å². The molecule has 0 spiro atoms. The summed E-state index contributed by atoms with van der Waals surface area (Å²) >= 11 is 0. The molecule has 0 radical (unpaired) electrons. The first-order chi connectivity index (χ1) is 7.63. The summed E-state index contributed by atoms with van der Waals surface area (Å²) in [5.74, 6) is 1.12. The van der Waals surface area contributed by atoms with Crippen molar-refractivity contribution in [3.63, 3.8) is 0 Å². The van der Waals surface area contributed by atoms with E-state index in [1.165, 1.54) is 7.11 Å². The van der Waals surface area contributed by atoms with Crippen molar-refractivity contribution in [2.45, 2.75) is 13.3 Å². The second kappa shape index (κ2) is 5.39. The van der Waals surface area contributed by atoms with E-state index in [1.807, 2.05) is 19.1 Å². The van der Waals surface area contributed by atoms with Gasteiger partial charge in [0, 0.05) is 11.1 Å². The number of benzene rings is 1. The van der Waals surface area contributed by atoms with E-state index in [-0.39, 0.29) is 12.4 Å². The van der Waals surface area contributed by atoms with Crippen molar-refractivity contribution in [2.24, 2.45) is 0 Å². The molecule has 0 fully saturated rings. The normalized spacial score (nSPS) is 9.75. The Kier molecular flexibility index (Phi) is 4.17. The maximum absolute atomic E-state index is 11.2. The molecule has 0 aliphatic rings. The molecule has 0 saturated carbocycles. The molecule has 0 atom stereocenters. The van der Waals surface area contributed by atoms with Gasteiger partial charge in [-0.05, 0) is 13.0 Å². The molecular weight excluding hydrogens is 208 g/mol. The van der Waals surface area contributed by atoms with Crippen LogP contribution < -0.4 is 9.47 Å². The number of hydrogen-bond donors (Lipinski definition) is 0. The highest BCUT2D eigenvalue weighted by Gasteiger charge is 2.13. The third-order valence-electron chi connectivity index (χ3n) is 2.42. The van der Waals surface area contributed by atoms with Gasteiger partial charge in [-0.15, -0.1) is 0 Å². The molecule has 0 aliphatic heterocycles. The predicted molar refractivity (Wildman–Crippen MR) is 60.0 cm³/mol. The quantitative estimate of drug-likeness (QED) is 0.730. The molecule has 4 nitrogen and oxygen atoms in total. The van der Waals surface area contributed by atoms with Crippen LogP contribution in [0.4, 0.5) is 0 Å². The minimum absolute atomic E-state index is 0.199. The lowest BCUT2D eigenvalue weighted by atomic mass is 10.1. The third kappa shape index (κ3) is 2.45. The Bertz CT molecular complexity index is 385. The summed E-state index contributed by atoms with van der Waals surface area (Å²) in [6.45, 7) is 1.89. The summed E-state index contributed by atoms with van der Waals surface area (Å²) in [4.78, 5) is 11.2. The van der Waals surface area contributed by atoms with E-state index in [0.29, 0.717) is 5.75 Å². The second-order valence-electron chi connectivity index (χ2n) is 3.34. The molecule has 0 saturated heterocycles. The maximum Gasteiger partial charge on any atom is 0.310 e. The zero-order valence-electron chi connectivity index (χ0n) is 9.99. The number of carbonyl (C=O) groups is 1. The fourth-order valence-electron chi connectivity index (χ4n) is 1.60. The predicted octanol–water partition coefficient (Wildman–Crippen LogP) is 1.73. The average molecular weight is 224 g/mol. The van der Waals surface area contributed by atoms with Crippen molar-refractivity contribution in [3.8, 4) is 11.5 Å². The molecule has 0 aromatic heterocycles. The molecule has 0 bridgehead atoms. The molecular formula is C12H16O4. The zero-order valence-corrected chi connectivity index (χ0v) is 9.99. The van der Waals surface area contributed by atoms with Crippen molar-refractivity contribution >= 4 is 5.97 Å². The van der Waals surface area contributed by atoms with Gasteiger partial charge in [0.25, 0.3) is 0 Å². The second-order valence-corrected chi connectivity index (χ2v) is 3.34. The average Bonchev–Trinajstić information content (AvgIpc) is 2.29. The van der Waals surface area contributed by atoms with Gasteiger partial charge < -0.3 is 14.2 Å². The van der Waals surface area contributed by atoms with E-state index in [1.54, 1.807) is 14.2 Å². The highest BCUT2D eigenvalue weighted by atomic mass is 16.5. The molecule has 0 amide bonds. The molecule has 1 rings (SSSR count). The number of hydrogen-bond acceptors (Lipinski definition) is 4. The maximum atomic E-state index is 11.2. The number of ether oxygens (including phenoxy) is 3. The van der Waals surface area contributed by atoms with Gasteiger partial charge in [0.15, 0.2) is 0 Å². The van der Waals surface area contributed by atoms with Crippen LogP contribution in [0.1, 0.15) is 11.1 Å². The number of methoxy groups -OCH3 is 3. The summed E-state index contributed by atoms with van der Waals surface area (Å²) in [5, 5.41) is 0. The Hall–Kier alpha value is -1.71. The van der Waals surface area contributed by atoms with E-state index in [9.17, 15) is 4.79 Å². The van der Waals surface area contributed by atoms with Gasteiger partial charge in [0.05, 0.1) is 27.8 Å². The van der Waals surface area contributed by atoms with E-state index in [2.05, 4.69) is 4.74 Å². The van der Waals surface area contributed by atoms with Gasteiger partial charge in [0.2, 0.25) is 0 Å². The first-order valence-electron chi connectivity index (χ1n) is 4.91. The van der Waals surface area contributed by atoms with Crippen molar-refractivity contribution in [3.05, 3.63) is 23.3 Å². The molecule has 88 valence electrons. The largest absolute Gasteiger partial charge is 0.496 e. The molecule has 0 N–H and O–H groups in total. The Morgan fingerprint density at radius 2 is 1.88 bits per heavy atom. The molecule has 4 heteroatoms. The van der Waals surface area contributed by atoms with Crippen LogP contribution >= 0.6 is 0 Å². The van der Waals surface area contributed by atoms with Crippen molar-refractivity contribution in [2.75, 3.05) is 21.3 Å². The Balaban J connectivity index is 3.10. The first kappa shape index (κ1) is 12.4. The fourth-order valence-corrected chi connectivity index (χ4v) is 1.60. The third-order valence-corrected chi connectivity index (χ3v) is 2.42. The van der Waals surface area contributed by atoms with Crippen LogP contribution in [0.2, 0.25) is 0 Å². The first-order valence-corrected chi connectivity index (χ1v) is 4.91. The van der Waals surface area contributed by atoms with Crippen LogP contribution in [-0.2, 0) is 16.0 Å². The van der Waals surface area contributed by atoms with Gasteiger partial charge in [0.1, 0.15) is 11.5 Å². The van der Waals surface area contributed by atoms with Gasteiger partial charge in [-0.3, -0.25) is 4.79 Å². The van der Waals surface area contributed by atoms with Crippen LogP contribution in [0.25, 0.3) is 0 Å². The fraction of sp³-hybridized carbons (Fsp3) is 0.417. The van der Waals surface area contributed by atoms with Crippen LogP contribution in [0.5, 0.6) is 11.5 Å². The van der Waals surface area contributed by atoms with Crippen LogP contribution in [0, 0.1) is 6.92 Å². The summed E-state index contributed by atoms with van der Waals surface area (Å²) in [6.07, 6.45) is 0.199. The van der Waals surface area contributed by atoms with Crippen molar-refractivity contribution < 1.29 is 19.0 Å². The molecule has 0 unspecified atom stereocenters. The molecule has 1 aromatic rings. The highest BCUT2D eigenvalue weighted by molar-refractivity contribution is 5.74. The monoisotopic (exact) mass is 224 g/mol. The Morgan fingerprint density at radius 3 is 2.38 bits per heavy atom. The molecule has 16 heavy (non-hydrogen) atoms. The van der Waals surface area contributed by atoms with Gasteiger partial charge >= 0.3 is 5.97 Å². The van der Waals surface area contributed by atoms with E-state index >= 15 is 0 Å². The molecule has 1 aromatic carbocycles. The minimum atomic E-state index is -0.289. The molecule has 0 aliphatic carbocycles. The van der Waals surface area contributed by atoms with Gasteiger partial charge in [-0.25, -0.2) is 0 Å². The summed E-state index contributed by atoms with van der Waals surface area (Å²) in [5.41, 5.74) is 1.68. The SMILES string of the molecule is COC(=O)Cc1ccc(OC)c(C)c1OC. The lowest BCUT2D eigenvalue weighted by Gasteiger charge is -2.13. The molecule has 0 heterocycles. The Labute approximate surface area is 95.1 Å². The lowest BCUT2D eigenvalue weighted by molar-refractivity contribution is -0.139. The van der Waals surface area contributed by atoms with Crippen molar-refractivity contribution in [1.82, 2.24) is 0 Å². The van der Waals surface area contributed by atoms with Crippen molar-refractivity contribution in [1.29, 1.82) is 0 Å². The van der Waals surface area contributed by atoms with E-state index < -0.39 is 0 Å². The van der Waals surface area contributed by atoms with Gasteiger partial charge in [-0.2, -0.15) is 0 Å². The number of esters is 1. The summed E-state index contributed by atoms with van der Waals surface area (Å²) in [7, 11) is 4.54. The highest BCUT2D eigenvalue weighted by Crippen LogP contribution is 2.31. The number of carbonyl (C=O) groups excluding carboxylic acids is 1.